The van der Waals surface area contributed by atoms with Crippen molar-refractivity contribution in [2.45, 2.75) is 43.8 Å². The molecule has 0 aromatic rings. The minimum atomic E-state index is -1.45. The van der Waals surface area contributed by atoms with E-state index < -0.39 is 67.4 Å². The lowest BCUT2D eigenvalue weighted by atomic mass is 10.1. The van der Waals surface area contributed by atoms with Gasteiger partial charge < -0.3 is 48.5 Å². The molecule has 12 N–H and O–H groups in total. The predicted octanol–water partition coefficient (Wildman–Crippen LogP) is -4.61. The number of aliphatic hydroxyl groups is 1. The third kappa shape index (κ3) is 12.7. The number of aliphatic hydroxyl groups excluding tert-OH is 1. The molecule has 0 spiro atoms. The lowest BCUT2D eigenvalue weighted by Crippen LogP contribution is -2.54. The number of carbonyl (C=O) groups excluding carboxylic acids is 3. The van der Waals surface area contributed by atoms with E-state index >= 15 is 0 Å². The number of nitrogens with two attached hydrogens (primary N) is 3. The summed E-state index contributed by atoms with van der Waals surface area (Å²) in [6.07, 6.45) is -0.220. The van der Waals surface area contributed by atoms with Gasteiger partial charge in [-0.05, 0) is 19.3 Å². The van der Waals surface area contributed by atoms with Crippen LogP contribution in [0, 0.1) is 0 Å². The van der Waals surface area contributed by atoms with Crippen LogP contribution in [0.3, 0.4) is 0 Å². The number of nitrogens with one attached hydrogen (secondary N) is 3. The van der Waals surface area contributed by atoms with Crippen molar-refractivity contribution >= 4 is 35.6 Å². The van der Waals surface area contributed by atoms with Gasteiger partial charge in [0.2, 0.25) is 17.7 Å². The molecule has 0 rings (SSSR count). The largest absolute Gasteiger partial charge is 0.481 e. The van der Waals surface area contributed by atoms with Gasteiger partial charge in [0, 0.05) is 13.0 Å². The zero-order chi connectivity index (χ0) is 24.0. The quantitative estimate of drug-likeness (QED) is 0.0654. The lowest BCUT2D eigenvalue weighted by molar-refractivity contribution is -0.143. The first-order valence-electron chi connectivity index (χ1n) is 9.21. The van der Waals surface area contributed by atoms with Crippen LogP contribution in [0.25, 0.3) is 0 Å². The second kappa shape index (κ2) is 14.5. The van der Waals surface area contributed by atoms with E-state index in [4.69, 9.17) is 27.4 Å². The number of carboxylic acid groups (broad SMARTS) is 2. The summed E-state index contributed by atoms with van der Waals surface area (Å²) in [5, 5.41) is 33.3. The summed E-state index contributed by atoms with van der Waals surface area (Å²) in [7, 11) is 0. The molecule has 176 valence electrons. The fourth-order valence-electron chi connectivity index (χ4n) is 2.18. The number of hydrogen-bond donors (Lipinski definition) is 9. The third-order valence-electron chi connectivity index (χ3n) is 3.82. The average Bonchev–Trinajstić information content (AvgIpc) is 2.69. The van der Waals surface area contributed by atoms with Gasteiger partial charge in [-0.1, -0.05) is 0 Å². The van der Waals surface area contributed by atoms with Gasteiger partial charge >= 0.3 is 11.9 Å². The molecule has 0 aliphatic rings. The summed E-state index contributed by atoms with van der Waals surface area (Å²) < 4.78 is 0. The number of carboxylic acids is 2. The van der Waals surface area contributed by atoms with E-state index in [1.807, 2.05) is 0 Å². The molecule has 0 aliphatic heterocycles. The highest BCUT2D eigenvalue weighted by Crippen LogP contribution is 1.99. The van der Waals surface area contributed by atoms with E-state index in [1.165, 1.54) is 0 Å². The highest BCUT2D eigenvalue weighted by Gasteiger charge is 2.25. The second-order valence-electron chi connectivity index (χ2n) is 6.41. The van der Waals surface area contributed by atoms with Crippen molar-refractivity contribution in [1.82, 2.24) is 16.0 Å². The average molecular weight is 447 g/mol. The van der Waals surface area contributed by atoms with Crippen molar-refractivity contribution in [3.8, 4) is 0 Å². The maximum Gasteiger partial charge on any atom is 0.326 e. The number of aliphatic imine (C=N–C) groups is 1. The standard InChI is InChI=1S/C16H29N7O8/c17-8(2-1-5-20-16(18)19)13(28)23-10(7-24)14(29)21-6-11(25)22-9(15(30)31)3-4-12(26)27/h8-10,24H,1-7,17H2,(H,21,29)(H,22,25)(H,23,28)(H,26,27)(H,30,31)(H4,18,19,20). The molecule has 3 unspecified atom stereocenters. The highest BCUT2D eigenvalue weighted by molar-refractivity contribution is 5.92. The van der Waals surface area contributed by atoms with Gasteiger partial charge in [-0.2, -0.15) is 0 Å². The predicted molar refractivity (Wildman–Crippen MR) is 106 cm³/mol. The first-order chi connectivity index (χ1) is 14.5. The van der Waals surface area contributed by atoms with Crippen LogP contribution >= 0.6 is 0 Å². The molecule has 0 aromatic heterocycles. The van der Waals surface area contributed by atoms with Gasteiger partial charge in [-0.3, -0.25) is 24.2 Å². The number of aliphatic carboxylic acids is 2. The number of rotatable bonds is 15. The van der Waals surface area contributed by atoms with Crippen LogP contribution in [0.4, 0.5) is 0 Å². The van der Waals surface area contributed by atoms with E-state index in [1.54, 1.807) is 0 Å². The van der Waals surface area contributed by atoms with Crippen molar-refractivity contribution in [3.05, 3.63) is 0 Å². The molecule has 15 nitrogen and oxygen atoms in total. The third-order valence-corrected chi connectivity index (χ3v) is 3.82. The molecular formula is C16H29N7O8. The van der Waals surface area contributed by atoms with E-state index in [0.717, 1.165) is 0 Å². The van der Waals surface area contributed by atoms with Crippen LogP contribution in [-0.4, -0.2) is 88.8 Å². The van der Waals surface area contributed by atoms with Crippen LogP contribution in [0.15, 0.2) is 4.99 Å². The first kappa shape index (κ1) is 27.5. The maximum atomic E-state index is 12.1. The molecule has 0 bridgehead atoms. The zero-order valence-corrected chi connectivity index (χ0v) is 16.7. The van der Waals surface area contributed by atoms with Crippen LogP contribution in [-0.2, 0) is 24.0 Å². The molecule has 3 amide bonds. The van der Waals surface area contributed by atoms with Crippen LogP contribution in [0.2, 0.25) is 0 Å². The molecule has 3 atom stereocenters. The topological polar surface area (TPSA) is 273 Å². The van der Waals surface area contributed by atoms with Gasteiger partial charge in [-0.25, -0.2) is 4.79 Å². The molecule has 0 radical (unpaired) electrons. The molecular weight excluding hydrogens is 418 g/mol. The molecule has 0 fully saturated rings. The Kier molecular flexibility index (Phi) is 12.9. The van der Waals surface area contributed by atoms with E-state index in [-0.39, 0.29) is 25.3 Å². The molecule has 0 heterocycles. The van der Waals surface area contributed by atoms with Gasteiger partial charge in [0.1, 0.15) is 12.1 Å². The van der Waals surface area contributed by atoms with E-state index in [2.05, 4.69) is 20.9 Å². The second-order valence-corrected chi connectivity index (χ2v) is 6.41. The van der Waals surface area contributed by atoms with Crippen molar-refractivity contribution in [2.24, 2.45) is 22.2 Å². The Hall–Kier alpha value is -3.46. The fraction of sp³-hybridized carbons (Fsp3) is 0.625. The summed E-state index contributed by atoms with van der Waals surface area (Å²) in [6.45, 7) is -1.19. The fourth-order valence-corrected chi connectivity index (χ4v) is 2.18. The van der Waals surface area contributed by atoms with Crippen molar-refractivity contribution < 1.29 is 39.3 Å². The van der Waals surface area contributed by atoms with Crippen LogP contribution < -0.4 is 33.2 Å². The summed E-state index contributed by atoms with van der Waals surface area (Å²) >= 11 is 0. The summed E-state index contributed by atoms with van der Waals surface area (Å²) in [5.74, 6) is -5.29. The number of carbonyl (C=O) groups is 5. The summed E-state index contributed by atoms with van der Waals surface area (Å²) in [4.78, 5) is 61.2. The van der Waals surface area contributed by atoms with Gasteiger partial charge in [-0.15, -0.1) is 0 Å². The lowest BCUT2D eigenvalue weighted by Gasteiger charge is -2.19. The van der Waals surface area contributed by atoms with Crippen molar-refractivity contribution in [1.29, 1.82) is 0 Å². The van der Waals surface area contributed by atoms with Gasteiger partial charge in [0.05, 0.1) is 19.2 Å². The number of nitrogens with zero attached hydrogens (tertiary/aromatic N) is 1. The molecule has 0 aromatic carbocycles. The summed E-state index contributed by atoms with van der Waals surface area (Å²) in [6, 6.07) is -3.85. The minimum absolute atomic E-state index is 0.101. The molecule has 15 heteroatoms. The Morgan fingerprint density at radius 1 is 0.935 bits per heavy atom. The minimum Gasteiger partial charge on any atom is -0.481 e. The normalized spacial score (nSPS) is 13.2. The van der Waals surface area contributed by atoms with Crippen LogP contribution in [0.1, 0.15) is 25.7 Å². The number of amides is 3. The van der Waals surface area contributed by atoms with Crippen molar-refractivity contribution in [2.75, 3.05) is 19.7 Å². The monoisotopic (exact) mass is 447 g/mol. The van der Waals surface area contributed by atoms with Crippen molar-refractivity contribution in [3.63, 3.8) is 0 Å². The Balaban J connectivity index is 4.53. The van der Waals surface area contributed by atoms with Gasteiger partial charge in [0.25, 0.3) is 0 Å². The number of hydrogen-bond acceptors (Lipinski definition) is 8. The smallest absolute Gasteiger partial charge is 0.326 e. The SMILES string of the molecule is NC(N)=NCCCC(N)C(=O)NC(CO)C(=O)NCC(=O)NC(CCC(=O)O)C(=O)O. The first-order valence-corrected chi connectivity index (χ1v) is 9.21. The molecule has 0 saturated heterocycles. The van der Waals surface area contributed by atoms with Crippen LogP contribution in [0.5, 0.6) is 0 Å². The summed E-state index contributed by atoms with van der Waals surface area (Å²) in [5.41, 5.74) is 16.0. The Labute approximate surface area is 177 Å². The zero-order valence-electron chi connectivity index (χ0n) is 16.7. The van der Waals surface area contributed by atoms with E-state index in [0.29, 0.717) is 6.42 Å². The Morgan fingerprint density at radius 3 is 2.10 bits per heavy atom. The van der Waals surface area contributed by atoms with E-state index in [9.17, 15) is 29.1 Å². The molecule has 0 saturated carbocycles. The molecule has 0 aliphatic carbocycles. The number of guanidine groups is 1. The maximum absolute atomic E-state index is 12.1. The van der Waals surface area contributed by atoms with Gasteiger partial charge in [0.15, 0.2) is 5.96 Å². The Morgan fingerprint density at radius 2 is 1.58 bits per heavy atom. The Bertz CT molecular complexity index is 681. The highest BCUT2D eigenvalue weighted by atomic mass is 16.4. The molecule has 31 heavy (non-hydrogen) atoms.